The fourth-order valence-electron chi connectivity index (χ4n) is 1.69. The molecule has 0 radical (unpaired) electrons. The van der Waals surface area contributed by atoms with Crippen molar-refractivity contribution in [1.29, 1.82) is 0 Å². The number of furan rings is 1. The van der Waals surface area contributed by atoms with Gasteiger partial charge in [0.2, 0.25) is 0 Å². The molecule has 0 saturated heterocycles. The Morgan fingerprint density at radius 2 is 2.18 bits per heavy atom. The van der Waals surface area contributed by atoms with Crippen molar-refractivity contribution >= 4 is 33.9 Å². The van der Waals surface area contributed by atoms with Crippen molar-refractivity contribution in [2.24, 2.45) is 0 Å². The van der Waals surface area contributed by atoms with Gasteiger partial charge in [0.1, 0.15) is 5.76 Å². The Kier molecular flexibility index (Phi) is 4.64. The minimum Gasteiger partial charge on any atom is -0.454 e. The number of nitrogens with one attached hydrogen (secondary N) is 1. The third-order valence-corrected chi connectivity index (χ3v) is 4.16. The Labute approximate surface area is 120 Å². The predicted octanol–water partition coefficient (Wildman–Crippen LogP) is 3.97. The predicted molar refractivity (Wildman–Crippen MR) is 80.5 cm³/mol. The molecule has 0 aliphatic rings. The molecule has 0 aliphatic carbocycles. The minimum absolute atomic E-state index is 0.468. The van der Waals surface area contributed by atoms with Crippen molar-refractivity contribution in [1.82, 2.24) is 5.32 Å². The highest BCUT2D eigenvalue weighted by Gasteiger charge is 2.06. The monoisotopic (exact) mass is 361 g/mol. The van der Waals surface area contributed by atoms with Crippen LogP contribution in [0.2, 0.25) is 0 Å². The zero-order chi connectivity index (χ0) is 12.3. The standard InChI is InChI=1S/C13H16INOS/c1-9(7-12-5-3-10(2)17-12)15-8-11-4-6-13(14)16-11/h3-6,9,15H,7-8H2,1-2H3. The van der Waals surface area contributed by atoms with E-state index in [1.54, 1.807) is 0 Å². The molecule has 2 aromatic heterocycles. The van der Waals surface area contributed by atoms with Crippen LogP contribution in [0.5, 0.6) is 0 Å². The lowest BCUT2D eigenvalue weighted by Gasteiger charge is -2.11. The first-order valence-electron chi connectivity index (χ1n) is 5.66. The van der Waals surface area contributed by atoms with Crippen LogP contribution < -0.4 is 5.32 Å². The molecule has 0 fully saturated rings. The van der Waals surface area contributed by atoms with E-state index in [1.807, 2.05) is 23.5 Å². The van der Waals surface area contributed by atoms with E-state index in [0.29, 0.717) is 6.04 Å². The lowest BCUT2D eigenvalue weighted by molar-refractivity contribution is 0.440. The second-order valence-electron chi connectivity index (χ2n) is 4.20. The number of rotatable bonds is 5. The molecule has 1 atom stereocenters. The largest absolute Gasteiger partial charge is 0.454 e. The van der Waals surface area contributed by atoms with Gasteiger partial charge >= 0.3 is 0 Å². The maximum absolute atomic E-state index is 5.51. The third-order valence-electron chi connectivity index (χ3n) is 2.56. The minimum atomic E-state index is 0.468. The topological polar surface area (TPSA) is 25.2 Å². The van der Waals surface area contributed by atoms with Crippen LogP contribution in [-0.2, 0) is 13.0 Å². The highest BCUT2D eigenvalue weighted by molar-refractivity contribution is 14.1. The number of thiophene rings is 1. The first-order chi connectivity index (χ1) is 8.13. The highest BCUT2D eigenvalue weighted by atomic mass is 127. The molecule has 0 bridgehead atoms. The average Bonchev–Trinajstić information content (AvgIpc) is 2.85. The van der Waals surface area contributed by atoms with Crippen molar-refractivity contribution in [3.8, 4) is 0 Å². The quantitative estimate of drug-likeness (QED) is 0.816. The van der Waals surface area contributed by atoms with Gasteiger partial charge in [-0.2, -0.15) is 0 Å². The third kappa shape index (κ3) is 4.12. The van der Waals surface area contributed by atoms with E-state index >= 15 is 0 Å². The van der Waals surface area contributed by atoms with Gasteiger partial charge < -0.3 is 9.73 Å². The van der Waals surface area contributed by atoms with Gasteiger partial charge in [0, 0.05) is 15.8 Å². The summed E-state index contributed by atoms with van der Waals surface area (Å²) in [5.41, 5.74) is 0. The van der Waals surface area contributed by atoms with Crippen LogP contribution >= 0.6 is 33.9 Å². The molecule has 2 rings (SSSR count). The van der Waals surface area contributed by atoms with E-state index in [1.165, 1.54) is 9.75 Å². The Bertz CT molecular complexity index is 477. The zero-order valence-corrected chi connectivity index (χ0v) is 13.0. The number of hydrogen-bond donors (Lipinski definition) is 1. The number of hydrogen-bond acceptors (Lipinski definition) is 3. The number of halogens is 1. The van der Waals surface area contributed by atoms with Gasteiger partial charge in [0.15, 0.2) is 3.77 Å². The van der Waals surface area contributed by atoms with Gasteiger partial charge in [-0.1, -0.05) is 0 Å². The maximum Gasteiger partial charge on any atom is 0.164 e. The SMILES string of the molecule is Cc1ccc(CC(C)NCc2ccc(I)o2)s1. The van der Waals surface area contributed by atoms with Crippen molar-refractivity contribution in [2.45, 2.75) is 32.9 Å². The highest BCUT2D eigenvalue weighted by Crippen LogP contribution is 2.17. The van der Waals surface area contributed by atoms with E-state index in [2.05, 4.69) is 53.9 Å². The molecule has 1 unspecified atom stereocenters. The van der Waals surface area contributed by atoms with E-state index in [9.17, 15) is 0 Å². The summed E-state index contributed by atoms with van der Waals surface area (Å²) in [6.45, 7) is 5.16. The number of aryl methyl sites for hydroxylation is 1. The summed E-state index contributed by atoms with van der Waals surface area (Å²) in [7, 11) is 0. The Balaban J connectivity index is 1.79. The second kappa shape index (κ2) is 6.02. The summed E-state index contributed by atoms with van der Waals surface area (Å²) >= 11 is 4.06. The molecule has 0 aliphatic heterocycles. The van der Waals surface area contributed by atoms with Crippen LogP contribution in [0.15, 0.2) is 28.7 Å². The van der Waals surface area contributed by atoms with Crippen LogP contribution in [0.25, 0.3) is 0 Å². The van der Waals surface area contributed by atoms with Crippen LogP contribution in [0.4, 0.5) is 0 Å². The lowest BCUT2D eigenvalue weighted by Crippen LogP contribution is -2.27. The summed E-state index contributed by atoms with van der Waals surface area (Å²) in [4.78, 5) is 2.82. The Hall–Kier alpha value is -0.330. The van der Waals surface area contributed by atoms with Gasteiger partial charge in [0.05, 0.1) is 6.54 Å². The molecule has 0 spiro atoms. The summed E-state index contributed by atoms with van der Waals surface area (Å²) in [5.74, 6) is 1.00. The first-order valence-corrected chi connectivity index (χ1v) is 7.56. The molecule has 2 aromatic rings. The van der Waals surface area contributed by atoms with Crippen LogP contribution in [0.3, 0.4) is 0 Å². The van der Waals surface area contributed by atoms with E-state index in [0.717, 1.165) is 22.5 Å². The van der Waals surface area contributed by atoms with Gasteiger partial charge in [-0.3, -0.25) is 0 Å². The molecule has 0 aromatic carbocycles. The summed E-state index contributed by atoms with van der Waals surface area (Å²) < 4.78 is 6.46. The van der Waals surface area contributed by atoms with Crippen molar-refractivity contribution in [2.75, 3.05) is 0 Å². The molecular weight excluding hydrogens is 345 g/mol. The maximum atomic E-state index is 5.51. The zero-order valence-electron chi connectivity index (χ0n) is 10.00. The summed E-state index contributed by atoms with van der Waals surface area (Å²) in [5, 5.41) is 3.48. The lowest BCUT2D eigenvalue weighted by atomic mass is 10.2. The average molecular weight is 361 g/mol. The van der Waals surface area contributed by atoms with E-state index in [-0.39, 0.29) is 0 Å². The van der Waals surface area contributed by atoms with E-state index < -0.39 is 0 Å². The van der Waals surface area contributed by atoms with Crippen molar-refractivity contribution < 1.29 is 4.42 Å². The van der Waals surface area contributed by atoms with Crippen molar-refractivity contribution in [3.63, 3.8) is 0 Å². The van der Waals surface area contributed by atoms with E-state index in [4.69, 9.17) is 4.42 Å². The Morgan fingerprint density at radius 3 is 2.76 bits per heavy atom. The van der Waals surface area contributed by atoms with Gasteiger partial charge in [-0.25, -0.2) is 0 Å². The van der Waals surface area contributed by atoms with Gasteiger partial charge in [0.25, 0.3) is 0 Å². The van der Waals surface area contributed by atoms with Crippen LogP contribution in [-0.4, -0.2) is 6.04 Å². The van der Waals surface area contributed by atoms with Gasteiger partial charge in [-0.05, 0) is 67.1 Å². The molecule has 2 heterocycles. The fourth-order valence-corrected chi connectivity index (χ4v) is 3.17. The smallest absolute Gasteiger partial charge is 0.164 e. The molecule has 17 heavy (non-hydrogen) atoms. The van der Waals surface area contributed by atoms with Crippen LogP contribution in [0.1, 0.15) is 22.4 Å². The van der Waals surface area contributed by atoms with Gasteiger partial charge in [-0.15, -0.1) is 11.3 Å². The van der Waals surface area contributed by atoms with Crippen LogP contribution in [0, 0.1) is 10.7 Å². The molecule has 92 valence electrons. The molecule has 0 amide bonds. The molecule has 2 nitrogen and oxygen atoms in total. The molecule has 0 saturated carbocycles. The molecule has 1 N–H and O–H groups in total. The molecule has 4 heteroatoms. The summed E-state index contributed by atoms with van der Waals surface area (Å²) in [6, 6.07) is 8.88. The Morgan fingerprint density at radius 1 is 1.35 bits per heavy atom. The summed E-state index contributed by atoms with van der Waals surface area (Å²) in [6.07, 6.45) is 1.08. The normalized spacial score (nSPS) is 12.9. The van der Waals surface area contributed by atoms with Crippen molar-refractivity contribution in [3.05, 3.63) is 43.5 Å². The fraction of sp³-hybridized carbons (Fsp3) is 0.385. The first kappa shape index (κ1) is 13.1. The molecular formula is C13H16INOS. The second-order valence-corrected chi connectivity index (χ2v) is 6.64.